The van der Waals surface area contributed by atoms with Gasteiger partial charge in [-0.15, -0.1) is 0 Å². The number of unbranched alkanes of at least 4 members (excludes halogenated alkanes) is 1. The smallest absolute Gasteiger partial charge is 0.122 e. The van der Waals surface area contributed by atoms with Crippen LogP contribution in [0.1, 0.15) is 12.8 Å². The number of hydrogen-bond acceptors (Lipinski definition) is 4. The van der Waals surface area contributed by atoms with Gasteiger partial charge in [-0.3, -0.25) is 0 Å². The van der Waals surface area contributed by atoms with Crippen LogP contribution < -0.4 is 15.8 Å². The first-order valence-corrected chi connectivity index (χ1v) is 5.43. The molecule has 0 radical (unpaired) electrons. The molecule has 0 aliphatic rings. The first-order valence-electron chi connectivity index (χ1n) is 5.43. The Balaban J connectivity index is 2.38. The first kappa shape index (κ1) is 12.6. The first-order chi connectivity index (χ1) is 7.76. The van der Waals surface area contributed by atoms with Crippen molar-refractivity contribution in [3.8, 4) is 5.75 Å². The maximum atomic E-state index is 5.75. The van der Waals surface area contributed by atoms with Crippen LogP contribution >= 0.6 is 0 Å². The molecule has 0 spiro atoms. The Morgan fingerprint density at radius 2 is 2.00 bits per heavy atom. The number of nitrogens with one attached hydrogen (secondary N) is 1. The molecule has 0 unspecified atom stereocenters. The van der Waals surface area contributed by atoms with Crippen molar-refractivity contribution in [1.82, 2.24) is 0 Å². The Hall–Kier alpha value is -1.42. The Labute approximate surface area is 96.7 Å². The van der Waals surface area contributed by atoms with Gasteiger partial charge in [0.25, 0.3) is 0 Å². The number of ether oxygens (including phenoxy) is 2. The van der Waals surface area contributed by atoms with Gasteiger partial charge in [-0.2, -0.15) is 0 Å². The zero-order chi connectivity index (χ0) is 11.8. The van der Waals surface area contributed by atoms with Crippen LogP contribution in [0.15, 0.2) is 18.2 Å². The predicted molar refractivity (Wildman–Crippen MR) is 67.0 cm³/mol. The molecule has 0 fully saturated rings. The van der Waals surface area contributed by atoms with Crippen LogP contribution in [0.4, 0.5) is 11.4 Å². The minimum Gasteiger partial charge on any atom is -0.497 e. The Bertz CT molecular complexity index is 316. The Kier molecular flexibility index (Phi) is 5.50. The Morgan fingerprint density at radius 3 is 2.69 bits per heavy atom. The van der Waals surface area contributed by atoms with E-state index in [0.29, 0.717) is 5.69 Å². The summed E-state index contributed by atoms with van der Waals surface area (Å²) in [7, 11) is 3.35. The molecule has 4 heteroatoms. The van der Waals surface area contributed by atoms with Crippen molar-refractivity contribution < 1.29 is 9.47 Å². The van der Waals surface area contributed by atoms with Crippen LogP contribution in [-0.2, 0) is 4.74 Å². The fourth-order valence-electron chi connectivity index (χ4n) is 1.45. The maximum Gasteiger partial charge on any atom is 0.122 e. The fraction of sp³-hybridized carbons (Fsp3) is 0.500. The lowest BCUT2D eigenvalue weighted by Gasteiger charge is -2.09. The average molecular weight is 224 g/mol. The van der Waals surface area contributed by atoms with Gasteiger partial charge >= 0.3 is 0 Å². The van der Waals surface area contributed by atoms with Crippen molar-refractivity contribution in [3.63, 3.8) is 0 Å². The molecule has 1 aromatic carbocycles. The zero-order valence-electron chi connectivity index (χ0n) is 9.95. The third-order valence-electron chi connectivity index (χ3n) is 2.27. The van der Waals surface area contributed by atoms with Crippen molar-refractivity contribution in [2.24, 2.45) is 0 Å². The summed E-state index contributed by atoms with van der Waals surface area (Å²) in [5, 5.41) is 3.30. The molecule has 16 heavy (non-hydrogen) atoms. The summed E-state index contributed by atoms with van der Waals surface area (Å²) >= 11 is 0. The lowest BCUT2D eigenvalue weighted by Crippen LogP contribution is -2.03. The molecule has 0 atom stereocenters. The molecule has 0 saturated carbocycles. The van der Waals surface area contributed by atoms with E-state index in [0.717, 1.165) is 37.4 Å². The van der Waals surface area contributed by atoms with Crippen LogP contribution in [0.3, 0.4) is 0 Å². The van der Waals surface area contributed by atoms with E-state index in [1.807, 2.05) is 12.1 Å². The third kappa shape index (κ3) is 4.40. The second-order valence-corrected chi connectivity index (χ2v) is 3.62. The molecule has 0 heterocycles. The second-order valence-electron chi connectivity index (χ2n) is 3.62. The SMILES string of the molecule is COCCCCNc1cc(N)cc(OC)c1. The van der Waals surface area contributed by atoms with E-state index in [2.05, 4.69) is 5.32 Å². The summed E-state index contributed by atoms with van der Waals surface area (Å²) in [6.45, 7) is 1.72. The zero-order valence-corrected chi connectivity index (χ0v) is 9.95. The van der Waals surface area contributed by atoms with Crippen molar-refractivity contribution in [3.05, 3.63) is 18.2 Å². The van der Waals surface area contributed by atoms with Crippen molar-refractivity contribution in [2.75, 3.05) is 38.4 Å². The van der Waals surface area contributed by atoms with Crippen LogP contribution in [0.5, 0.6) is 5.75 Å². The summed E-state index contributed by atoms with van der Waals surface area (Å²) in [5.74, 6) is 0.777. The van der Waals surface area contributed by atoms with E-state index >= 15 is 0 Å². The van der Waals surface area contributed by atoms with Gasteiger partial charge in [0.15, 0.2) is 0 Å². The molecule has 1 aromatic rings. The largest absolute Gasteiger partial charge is 0.497 e. The number of nitrogens with two attached hydrogens (primary N) is 1. The van der Waals surface area contributed by atoms with Gasteiger partial charge in [0.2, 0.25) is 0 Å². The van der Waals surface area contributed by atoms with Crippen molar-refractivity contribution in [2.45, 2.75) is 12.8 Å². The van der Waals surface area contributed by atoms with Gasteiger partial charge in [0.05, 0.1) is 7.11 Å². The topological polar surface area (TPSA) is 56.5 Å². The second kappa shape index (κ2) is 6.95. The van der Waals surface area contributed by atoms with Crippen molar-refractivity contribution >= 4 is 11.4 Å². The molecule has 0 aliphatic carbocycles. The van der Waals surface area contributed by atoms with E-state index in [1.54, 1.807) is 20.3 Å². The molecule has 0 aliphatic heterocycles. The van der Waals surface area contributed by atoms with Crippen LogP contribution in [0, 0.1) is 0 Å². The maximum absolute atomic E-state index is 5.75. The van der Waals surface area contributed by atoms with Gasteiger partial charge < -0.3 is 20.5 Å². The molecule has 0 aromatic heterocycles. The molecule has 0 amide bonds. The minimum atomic E-state index is 0.707. The number of hydrogen-bond donors (Lipinski definition) is 2. The lowest BCUT2D eigenvalue weighted by molar-refractivity contribution is 0.194. The monoisotopic (exact) mass is 224 g/mol. The molecule has 4 nitrogen and oxygen atoms in total. The minimum absolute atomic E-state index is 0.707. The summed E-state index contributed by atoms with van der Waals surface area (Å²) in [5.41, 5.74) is 7.45. The highest BCUT2D eigenvalue weighted by Crippen LogP contribution is 2.22. The highest BCUT2D eigenvalue weighted by molar-refractivity contribution is 5.59. The average Bonchev–Trinajstić information content (AvgIpc) is 2.28. The van der Waals surface area contributed by atoms with Gasteiger partial charge in [-0.1, -0.05) is 0 Å². The molecule has 0 bridgehead atoms. The summed E-state index contributed by atoms with van der Waals surface area (Å²) in [4.78, 5) is 0. The molecule has 0 saturated heterocycles. The van der Waals surface area contributed by atoms with Crippen molar-refractivity contribution in [1.29, 1.82) is 0 Å². The van der Waals surface area contributed by atoms with E-state index in [1.165, 1.54) is 0 Å². The summed E-state index contributed by atoms with van der Waals surface area (Å²) in [6.07, 6.45) is 2.13. The third-order valence-corrected chi connectivity index (χ3v) is 2.27. The number of nitrogen functional groups attached to an aromatic ring is 1. The van der Waals surface area contributed by atoms with Gasteiger partial charge in [-0.25, -0.2) is 0 Å². The summed E-state index contributed by atoms with van der Waals surface area (Å²) in [6, 6.07) is 5.64. The van der Waals surface area contributed by atoms with Gasteiger partial charge in [-0.05, 0) is 18.9 Å². The van der Waals surface area contributed by atoms with E-state index in [4.69, 9.17) is 15.2 Å². The van der Waals surface area contributed by atoms with Crippen LogP contribution in [-0.4, -0.2) is 27.4 Å². The quantitative estimate of drug-likeness (QED) is 0.550. The highest BCUT2D eigenvalue weighted by Gasteiger charge is 1.98. The molecule has 3 N–H and O–H groups in total. The van der Waals surface area contributed by atoms with Crippen LogP contribution in [0.2, 0.25) is 0 Å². The molecular formula is C12H20N2O2. The van der Waals surface area contributed by atoms with Crippen LogP contribution in [0.25, 0.3) is 0 Å². The number of anilines is 2. The number of benzene rings is 1. The lowest BCUT2D eigenvalue weighted by atomic mass is 10.2. The van der Waals surface area contributed by atoms with E-state index < -0.39 is 0 Å². The Morgan fingerprint density at radius 1 is 1.19 bits per heavy atom. The number of rotatable bonds is 7. The summed E-state index contributed by atoms with van der Waals surface area (Å²) < 4.78 is 10.1. The predicted octanol–water partition coefficient (Wildman–Crippen LogP) is 2.12. The number of methoxy groups -OCH3 is 2. The van der Waals surface area contributed by atoms with E-state index in [9.17, 15) is 0 Å². The normalized spacial score (nSPS) is 10.1. The fourth-order valence-corrected chi connectivity index (χ4v) is 1.45. The molecule has 1 rings (SSSR count). The van der Waals surface area contributed by atoms with Gasteiger partial charge in [0.1, 0.15) is 5.75 Å². The molecular weight excluding hydrogens is 204 g/mol. The standard InChI is InChI=1S/C12H20N2O2/c1-15-6-4-3-5-14-11-7-10(13)8-12(9-11)16-2/h7-9,14H,3-6,13H2,1-2H3. The van der Waals surface area contributed by atoms with E-state index in [-0.39, 0.29) is 0 Å². The molecule has 90 valence electrons. The van der Waals surface area contributed by atoms with Gasteiger partial charge in [0, 0.05) is 43.8 Å². The highest BCUT2D eigenvalue weighted by atomic mass is 16.5.